The van der Waals surface area contributed by atoms with Gasteiger partial charge >= 0.3 is 6.09 Å². The largest absolute Gasteiger partial charge is 0.445 e. The SMILES string of the molecule is C=CCN(C(=O)OCc1ccc([N+](=O)[O-])cc1)C1CCN(C[C@H]2C[C@@H](NS(C)(=O)=O)C[C@@H]2c2ccccc2)CC1. The summed E-state index contributed by atoms with van der Waals surface area (Å²) in [5.41, 5.74) is 1.92. The third kappa shape index (κ3) is 8.12. The van der Waals surface area contributed by atoms with Crippen LogP contribution in [0.4, 0.5) is 10.5 Å². The van der Waals surface area contributed by atoms with Gasteiger partial charge in [0.15, 0.2) is 0 Å². The summed E-state index contributed by atoms with van der Waals surface area (Å²) < 4.78 is 32.2. The first-order valence-electron chi connectivity index (χ1n) is 13.6. The summed E-state index contributed by atoms with van der Waals surface area (Å²) in [6.45, 7) is 6.75. The van der Waals surface area contributed by atoms with Gasteiger partial charge in [-0.15, -0.1) is 6.58 Å². The lowest BCUT2D eigenvalue weighted by Crippen LogP contribution is -2.48. The lowest BCUT2D eigenvalue weighted by atomic mass is 9.88. The van der Waals surface area contributed by atoms with Crippen LogP contribution in [-0.4, -0.2) is 73.8 Å². The monoisotopic (exact) mass is 570 g/mol. The van der Waals surface area contributed by atoms with Gasteiger partial charge in [-0.25, -0.2) is 17.9 Å². The highest BCUT2D eigenvalue weighted by Crippen LogP contribution is 2.41. The maximum atomic E-state index is 13.0. The van der Waals surface area contributed by atoms with E-state index in [9.17, 15) is 23.3 Å². The van der Waals surface area contributed by atoms with Gasteiger partial charge in [0, 0.05) is 50.4 Å². The lowest BCUT2D eigenvalue weighted by Gasteiger charge is -2.39. The number of benzene rings is 2. The molecular weight excluding hydrogens is 532 g/mol. The van der Waals surface area contributed by atoms with Gasteiger partial charge in [0.25, 0.3) is 5.69 Å². The maximum absolute atomic E-state index is 13.0. The van der Waals surface area contributed by atoms with Crippen molar-refractivity contribution in [1.82, 2.24) is 14.5 Å². The van der Waals surface area contributed by atoms with Crippen molar-refractivity contribution in [2.24, 2.45) is 5.92 Å². The second-order valence-corrected chi connectivity index (χ2v) is 12.6. The van der Waals surface area contributed by atoms with Crippen LogP contribution in [0, 0.1) is 16.0 Å². The Morgan fingerprint density at radius 1 is 1.15 bits per heavy atom. The number of likely N-dealkylation sites (tertiary alicyclic amines) is 1. The average molecular weight is 571 g/mol. The highest BCUT2D eigenvalue weighted by atomic mass is 32.2. The molecule has 1 aliphatic heterocycles. The van der Waals surface area contributed by atoms with Crippen molar-refractivity contribution >= 4 is 21.8 Å². The van der Waals surface area contributed by atoms with Crippen LogP contribution in [0.5, 0.6) is 0 Å². The minimum Gasteiger partial charge on any atom is -0.445 e. The number of hydrogen-bond acceptors (Lipinski definition) is 7. The third-order valence-corrected chi connectivity index (χ3v) is 8.63. The lowest BCUT2D eigenvalue weighted by molar-refractivity contribution is -0.384. The van der Waals surface area contributed by atoms with E-state index in [2.05, 4.69) is 28.3 Å². The van der Waals surface area contributed by atoms with Gasteiger partial charge in [-0.05, 0) is 60.8 Å². The van der Waals surface area contributed by atoms with Crippen LogP contribution in [0.15, 0.2) is 67.3 Å². The third-order valence-electron chi connectivity index (χ3n) is 7.86. The molecule has 10 nitrogen and oxygen atoms in total. The van der Waals surface area contributed by atoms with Crippen LogP contribution >= 0.6 is 0 Å². The van der Waals surface area contributed by atoms with E-state index in [0.717, 1.165) is 45.3 Å². The first kappa shape index (κ1) is 29.7. The zero-order chi connectivity index (χ0) is 28.7. The fraction of sp³-hybridized carbons (Fsp3) is 0.483. The van der Waals surface area contributed by atoms with Gasteiger partial charge in [-0.2, -0.15) is 0 Å². The topological polar surface area (TPSA) is 122 Å². The number of rotatable bonds is 11. The molecule has 0 spiro atoms. The Labute approximate surface area is 236 Å². The van der Waals surface area contributed by atoms with E-state index >= 15 is 0 Å². The number of non-ortho nitro benzene ring substituents is 1. The van der Waals surface area contributed by atoms with Crippen molar-refractivity contribution in [2.75, 3.05) is 32.4 Å². The number of nitro groups is 1. The van der Waals surface area contributed by atoms with Crippen molar-refractivity contribution in [3.05, 3.63) is 88.5 Å². The number of nitrogens with zero attached hydrogens (tertiary/aromatic N) is 3. The molecule has 11 heteroatoms. The van der Waals surface area contributed by atoms with Crippen LogP contribution in [0.1, 0.15) is 42.7 Å². The summed E-state index contributed by atoms with van der Waals surface area (Å²) in [5.74, 6) is 0.610. The molecule has 0 radical (unpaired) electrons. The molecule has 1 N–H and O–H groups in total. The van der Waals surface area contributed by atoms with Gasteiger partial charge in [-0.3, -0.25) is 10.1 Å². The van der Waals surface area contributed by atoms with Gasteiger partial charge in [0.05, 0.1) is 11.2 Å². The number of amides is 1. The number of nitrogens with one attached hydrogen (secondary N) is 1. The first-order valence-corrected chi connectivity index (χ1v) is 15.5. The van der Waals surface area contributed by atoms with Gasteiger partial charge in [0.1, 0.15) is 6.61 Å². The molecule has 3 atom stereocenters. The van der Waals surface area contributed by atoms with Gasteiger partial charge < -0.3 is 14.5 Å². The molecule has 0 unspecified atom stereocenters. The molecule has 0 bridgehead atoms. The Balaban J connectivity index is 1.33. The van der Waals surface area contributed by atoms with Crippen LogP contribution in [0.2, 0.25) is 0 Å². The number of sulfonamides is 1. The van der Waals surface area contributed by atoms with Gasteiger partial charge in [0.2, 0.25) is 10.0 Å². The molecule has 216 valence electrons. The van der Waals surface area contributed by atoms with E-state index in [1.165, 1.54) is 24.0 Å². The van der Waals surface area contributed by atoms with E-state index in [-0.39, 0.29) is 30.3 Å². The summed E-state index contributed by atoms with van der Waals surface area (Å²) in [7, 11) is -3.28. The van der Waals surface area contributed by atoms with Crippen molar-refractivity contribution in [1.29, 1.82) is 0 Å². The number of carbonyl (C=O) groups is 1. The quantitative estimate of drug-likeness (QED) is 0.243. The predicted octanol–water partition coefficient (Wildman–Crippen LogP) is 4.30. The predicted molar refractivity (Wildman–Crippen MR) is 153 cm³/mol. The molecule has 40 heavy (non-hydrogen) atoms. The second kappa shape index (κ2) is 13.4. The van der Waals surface area contributed by atoms with E-state index in [1.54, 1.807) is 23.1 Å². The molecule has 4 rings (SSSR count). The van der Waals surface area contributed by atoms with E-state index in [0.29, 0.717) is 18.0 Å². The zero-order valence-electron chi connectivity index (χ0n) is 22.9. The fourth-order valence-corrected chi connectivity index (χ4v) is 6.83. The summed E-state index contributed by atoms with van der Waals surface area (Å²) in [5, 5.41) is 10.9. The molecule has 0 aromatic heterocycles. The fourth-order valence-electron chi connectivity index (χ4n) is 6.03. The summed E-state index contributed by atoms with van der Waals surface area (Å²) >= 11 is 0. The Morgan fingerprint density at radius 3 is 2.42 bits per heavy atom. The van der Waals surface area contributed by atoms with Crippen LogP contribution in [0.25, 0.3) is 0 Å². The molecule has 1 aliphatic carbocycles. The number of carbonyl (C=O) groups excluding carboxylic acids is 1. The Kier molecular flexibility index (Phi) is 9.94. The second-order valence-electron chi connectivity index (χ2n) is 10.8. The smallest absolute Gasteiger partial charge is 0.410 e. The molecule has 1 saturated carbocycles. The number of nitro benzene ring substituents is 1. The number of hydrogen-bond donors (Lipinski definition) is 1. The summed E-state index contributed by atoms with van der Waals surface area (Å²) in [6, 6.07) is 16.2. The molecule has 1 saturated heterocycles. The van der Waals surface area contributed by atoms with E-state index < -0.39 is 21.0 Å². The molecule has 2 aromatic rings. The Morgan fingerprint density at radius 2 is 1.82 bits per heavy atom. The standard InChI is InChI=1S/C29H38N4O6S/c1-3-15-32(29(34)39-21-22-9-11-27(12-10-22)33(35)36)26-13-16-31(17-14-26)20-24-18-25(30-40(2,37)38)19-28(24)23-7-5-4-6-8-23/h3-12,24-26,28,30H,1,13-21H2,2H3/t24-,25-,28-/m1/s1. The molecule has 2 fully saturated rings. The van der Waals surface area contributed by atoms with Crippen LogP contribution < -0.4 is 4.72 Å². The maximum Gasteiger partial charge on any atom is 0.410 e. The van der Waals surface area contributed by atoms with Crippen molar-refractivity contribution in [3.63, 3.8) is 0 Å². The Bertz CT molecular complexity index is 1260. The highest BCUT2D eigenvalue weighted by molar-refractivity contribution is 7.88. The van der Waals surface area contributed by atoms with Crippen molar-refractivity contribution < 1.29 is 22.9 Å². The first-order chi connectivity index (χ1) is 19.1. The van der Waals surface area contributed by atoms with Crippen LogP contribution in [0.3, 0.4) is 0 Å². The minimum absolute atomic E-state index is 0.00927. The zero-order valence-corrected chi connectivity index (χ0v) is 23.7. The van der Waals surface area contributed by atoms with Crippen molar-refractivity contribution in [2.45, 2.75) is 50.3 Å². The molecule has 2 aromatic carbocycles. The molecule has 1 amide bonds. The normalized spacial score (nSPS) is 22.1. The average Bonchev–Trinajstić information content (AvgIpc) is 3.32. The number of ether oxygens (including phenoxy) is 1. The summed E-state index contributed by atoms with van der Waals surface area (Å²) in [4.78, 5) is 27.5. The Hall–Kier alpha value is -3.28. The van der Waals surface area contributed by atoms with E-state index in [1.807, 2.05) is 18.2 Å². The highest BCUT2D eigenvalue weighted by Gasteiger charge is 2.38. The summed E-state index contributed by atoms with van der Waals surface area (Å²) in [6.07, 6.45) is 5.66. The molecular formula is C29H38N4O6S. The van der Waals surface area contributed by atoms with E-state index in [4.69, 9.17) is 4.74 Å². The number of piperidine rings is 1. The molecule has 1 heterocycles. The minimum atomic E-state index is -3.28. The molecule has 2 aliphatic rings. The van der Waals surface area contributed by atoms with Gasteiger partial charge in [-0.1, -0.05) is 36.4 Å². The van der Waals surface area contributed by atoms with Crippen molar-refractivity contribution in [3.8, 4) is 0 Å². The van der Waals surface area contributed by atoms with Crippen LogP contribution in [-0.2, 0) is 21.4 Å².